The molecule has 18 heavy (non-hydrogen) atoms. The lowest BCUT2D eigenvalue weighted by Crippen LogP contribution is -2.08. The summed E-state index contributed by atoms with van der Waals surface area (Å²) in [5.41, 5.74) is 0.0235. The number of aliphatic hydroxyl groups excluding tert-OH is 1. The molecule has 0 aromatic heterocycles. The molecule has 0 heterocycles. The highest BCUT2D eigenvalue weighted by atomic mass is 19.3. The molecule has 1 unspecified atom stereocenters. The van der Waals surface area contributed by atoms with Crippen LogP contribution < -0.4 is 0 Å². The molecule has 0 saturated carbocycles. The van der Waals surface area contributed by atoms with E-state index in [4.69, 9.17) is 5.26 Å². The molecule has 2 aromatic carbocycles. The van der Waals surface area contributed by atoms with Gasteiger partial charge < -0.3 is 10.2 Å². The first-order valence-electron chi connectivity index (χ1n) is 5.16. The Kier molecular flexibility index (Phi) is 3.13. The number of hydrogen-bond donors (Lipinski definition) is 2. The van der Waals surface area contributed by atoms with E-state index < -0.39 is 18.3 Å². The van der Waals surface area contributed by atoms with Gasteiger partial charge in [0.1, 0.15) is 11.9 Å². The van der Waals surface area contributed by atoms with Crippen LogP contribution in [0.5, 0.6) is 5.75 Å². The summed E-state index contributed by atoms with van der Waals surface area (Å²) in [4.78, 5) is 0. The number of phenols is 1. The van der Waals surface area contributed by atoms with Crippen molar-refractivity contribution in [3.05, 3.63) is 41.5 Å². The normalized spacial score (nSPS) is 12.6. The molecule has 5 heteroatoms. The Hall–Kier alpha value is -2.19. The zero-order valence-electron chi connectivity index (χ0n) is 9.14. The Labute approximate surface area is 102 Å². The molecule has 2 rings (SSSR count). The molecule has 0 aliphatic rings. The molecule has 0 amide bonds. The molecule has 0 aliphatic heterocycles. The Morgan fingerprint density at radius 2 is 1.83 bits per heavy atom. The number of benzene rings is 2. The molecule has 3 nitrogen and oxygen atoms in total. The third-order valence-corrected chi connectivity index (χ3v) is 2.70. The highest BCUT2D eigenvalue weighted by Crippen LogP contribution is 2.35. The summed E-state index contributed by atoms with van der Waals surface area (Å²) < 4.78 is 25.2. The molecule has 0 saturated heterocycles. The Balaban J connectivity index is 2.76. The topological polar surface area (TPSA) is 64.2 Å². The van der Waals surface area contributed by atoms with Crippen molar-refractivity contribution in [3.63, 3.8) is 0 Å². The average molecular weight is 249 g/mol. The van der Waals surface area contributed by atoms with E-state index in [1.54, 1.807) is 6.07 Å². The smallest absolute Gasteiger partial charge is 0.268 e. The molecule has 92 valence electrons. The molecule has 1 atom stereocenters. The quantitative estimate of drug-likeness (QED) is 0.860. The van der Waals surface area contributed by atoms with Crippen LogP contribution in [0.2, 0.25) is 0 Å². The fourth-order valence-electron chi connectivity index (χ4n) is 1.84. The molecule has 0 radical (unpaired) electrons. The first-order chi connectivity index (χ1) is 8.54. The van der Waals surface area contributed by atoms with E-state index in [1.807, 2.05) is 6.07 Å². The summed E-state index contributed by atoms with van der Waals surface area (Å²) in [7, 11) is 0. The monoisotopic (exact) mass is 249 g/mol. The first-order valence-corrected chi connectivity index (χ1v) is 5.16. The molecule has 0 fully saturated rings. The number of nitrogens with zero attached hydrogens (tertiary/aromatic N) is 1. The van der Waals surface area contributed by atoms with Gasteiger partial charge >= 0.3 is 0 Å². The number of alkyl halides is 2. The summed E-state index contributed by atoms with van der Waals surface area (Å²) >= 11 is 0. The number of nitriles is 1. The van der Waals surface area contributed by atoms with Crippen LogP contribution in [0.1, 0.15) is 17.2 Å². The third-order valence-electron chi connectivity index (χ3n) is 2.70. The van der Waals surface area contributed by atoms with E-state index in [9.17, 15) is 19.0 Å². The van der Waals surface area contributed by atoms with Gasteiger partial charge in [-0.1, -0.05) is 12.1 Å². The zero-order chi connectivity index (χ0) is 13.3. The highest BCUT2D eigenvalue weighted by Gasteiger charge is 2.24. The van der Waals surface area contributed by atoms with Gasteiger partial charge in [0.25, 0.3) is 6.43 Å². The van der Waals surface area contributed by atoms with Gasteiger partial charge in [0.05, 0.1) is 11.6 Å². The second-order valence-electron chi connectivity index (χ2n) is 3.83. The van der Waals surface area contributed by atoms with Crippen molar-refractivity contribution in [3.8, 4) is 11.8 Å². The van der Waals surface area contributed by atoms with E-state index in [1.165, 1.54) is 24.3 Å². The predicted octanol–water partition coefficient (Wildman–Crippen LogP) is 2.72. The zero-order valence-corrected chi connectivity index (χ0v) is 9.14. The van der Waals surface area contributed by atoms with Crippen LogP contribution in [0.4, 0.5) is 8.78 Å². The van der Waals surface area contributed by atoms with Crippen LogP contribution in [0.15, 0.2) is 30.3 Å². The van der Waals surface area contributed by atoms with E-state index >= 15 is 0 Å². The van der Waals surface area contributed by atoms with Gasteiger partial charge in [-0.25, -0.2) is 8.78 Å². The first kappa shape index (κ1) is 12.3. The van der Waals surface area contributed by atoms with Crippen LogP contribution >= 0.6 is 0 Å². The van der Waals surface area contributed by atoms with Crippen molar-refractivity contribution in [1.29, 1.82) is 5.26 Å². The van der Waals surface area contributed by atoms with Crippen molar-refractivity contribution in [2.45, 2.75) is 12.5 Å². The Bertz CT molecular complexity index is 635. The van der Waals surface area contributed by atoms with Crippen molar-refractivity contribution >= 4 is 10.8 Å². The van der Waals surface area contributed by atoms with Gasteiger partial charge in [-0.2, -0.15) is 5.26 Å². The minimum Gasteiger partial charge on any atom is -0.508 e. The van der Waals surface area contributed by atoms with Gasteiger partial charge in [-0.05, 0) is 29.0 Å². The fraction of sp³-hybridized carbons (Fsp3) is 0.154. The van der Waals surface area contributed by atoms with Gasteiger partial charge in [0.2, 0.25) is 0 Å². The van der Waals surface area contributed by atoms with Gasteiger partial charge in [0.15, 0.2) is 0 Å². The standard InChI is InChI=1S/C13H9F2NO2/c14-13(15)12(18)11-9-5-7(6-16)1-2-8(9)3-4-10(11)17/h1-5,12-13,17-18H. The second kappa shape index (κ2) is 4.59. The lowest BCUT2D eigenvalue weighted by molar-refractivity contribution is -0.00610. The third kappa shape index (κ3) is 1.98. The second-order valence-corrected chi connectivity index (χ2v) is 3.83. The molecule has 0 spiro atoms. The lowest BCUT2D eigenvalue weighted by Gasteiger charge is -2.14. The summed E-state index contributed by atoms with van der Waals surface area (Å²) in [5.74, 6) is -0.412. The fourth-order valence-corrected chi connectivity index (χ4v) is 1.84. The number of halogens is 2. The number of phenolic OH excluding ortho intramolecular Hbond substituents is 1. The Morgan fingerprint density at radius 1 is 1.17 bits per heavy atom. The summed E-state index contributed by atoms with van der Waals surface area (Å²) in [6.45, 7) is 0. The molecule has 2 aromatic rings. The molecule has 2 N–H and O–H groups in total. The van der Waals surface area contributed by atoms with E-state index in [2.05, 4.69) is 0 Å². The minimum absolute atomic E-state index is 0.250. The maximum atomic E-state index is 12.6. The van der Waals surface area contributed by atoms with Gasteiger partial charge in [0, 0.05) is 5.56 Å². The van der Waals surface area contributed by atoms with E-state index in [0.717, 1.165) is 0 Å². The highest BCUT2D eigenvalue weighted by molar-refractivity contribution is 5.89. The van der Waals surface area contributed by atoms with Crippen molar-refractivity contribution in [1.82, 2.24) is 0 Å². The molecular formula is C13H9F2NO2. The van der Waals surface area contributed by atoms with Crippen LogP contribution in [-0.4, -0.2) is 16.6 Å². The number of hydrogen-bond acceptors (Lipinski definition) is 3. The van der Waals surface area contributed by atoms with Crippen molar-refractivity contribution in [2.75, 3.05) is 0 Å². The van der Waals surface area contributed by atoms with Crippen LogP contribution in [0.25, 0.3) is 10.8 Å². The largest absolute Gasteiger partial charge is 0.508 e. The van der Waals surface area contributed by atoms with E-state index in [-0.39, 0.29) is 16.5 Å². The van der Waals surface area contributed by atoms with Crippen LogP contribution in [0.3, 0.4) is 0 Å². The van der Waals surface area contributed by atoms with E-state index in [0.29, 0.717) is 5.39 Å². The van der Waals surface area contributed by atoms with Gasteiger partial charge in [-0.15, -0.1) is 0 Å². The molecule has 0 aliphatic carbocycles. The number of aliphatic hydroxyl groups is 1. The maximum Gasteiger partial charge on any atom is 0.268 e. The molecule has 0 bridgehead atoms. The summed E-state index contributed by atoms with van der Waals surface area (Å²) in [5, 5.41) is 28.7. The lowest BCUT2D eigenvalue weighted by atomic mass is 9.98. The number of fused-ring (bicyclic) bond motifs is 1. The average Bonchev–Trinajstić information content (AvgIpc) is 2.37. The minimum atomic E-state index is -3.01. The maximum absolute atomic E-state index is 12.6. The molecular weight excluding hydrogens is 240 g/mol. The van der Waals surface area contributed by atoms with Gasteiger partial charge in [-0.3, -0.25) is 0 Å². The summed E-state index contributed by atoms with van der Waals surface area (Å²) in [6, 6.07) is 9.15. The van der Waals surface area contributed by atoms with Crippen molar-refractivity contribution < 1.29 is 19.0 Å². The summed E-state index contributed by atoms with van der Waals surface area (Å²) in [6.07, 6.45) is -5.09. The van der Waals surface area contributed by atoms with Crippen LogP contribution in [0, 0.1) is 11.3 Å². The van der Waals surface area contributed by atoms with Crippen LogP contribution in [-0.2, 0) is 0 Å². The number of rotatable bonds is 2. The number of aromatic hydroxyl groups is 1. The van der Waals surface area contributed by atoms with Crippen molar-refractivity contribution in [2.24, 2.45) is 0 Å². The Morgan fingerprint density at radius 3 is 2.44 bits per heavy atom. The predicted molar refractivity (Wildman–Crippen MR) is 61.3 cm³/mol. The SMILES string of the molecule is N#Cc1ccc2ccc(O)c(C(O)C(F)F)c2c1.